The van der Waals surface area contributed by atoms with Gasteiger partial charge in [-0.15, -0.1) is 0 Å². The molecular formula is C18H23N3O3. The number of carbonyl (C=O) groups is 1. The summed E-state index contributed by atoms with van der Waals surface area (Å²) in [4.78, 5) is 18.6. The van der Waals surface area contributed by atoms with Crippen LogP contribution >= 0.6 is 0 Å². The summed E-state index contributed by atoms with van der Waals surface area (Å²) in [7, 11) is 0. The Morgan fingerprint density at radius 1 is 1.38 bits per heavy atom. The second kappa shape index (κ2) is 8.08. The summed E-state index contributed by atoms with van der Waals surface area (Å²) in [5.41, 5.74) is 0.850. The van der Waals surface area contributed by atoms with Crippen LogP contribution < -0.4 is 5.32 Å². The summed E-state index contributed by atoms with van der Waals surface area (Å²) in [6.07, 6.45) is 2.58. The van der Waals surface area contributed by atoms with Crippen molar-refractivity contribution >= 4 is 5.91 Å². The Labute approximate surface area is 141 Å². The minimum Gasteiger partial charge on any atom is -0.464 e. The average molecular weight is 329 g/mol. The lowest BCUT2D eigenvalue weighted by Gasteiger charge is -2.33. The first kappa shape index (κ1) is 16.7. The molecule has 1 aliphatic heterocycles. The van der Waals surface area contributed by atoms with Gasteiger partial charge in [0.15, 0.2) is 0 Å². The molecule has 0 aromatic carbocycles. The molecule has 0 spiro atoms. The molecule has 0 aliphatic carbocycles. The van der Waals surface area contributed by atoms with E-state index in [0.717, 1.165) is 23.6 Å². The molecule has 1 saturated heterocycles. The third-order valence-electron chi connectivity index (χ3n) is 4.14. The number of nitrogens with zero attached hydrogens (tertiary/aromatic N) is 2. The summed E-state index contributed by atoms with van der Waals surface area (Å²) in [5, 5.41) is 2.92. The van der Waals surface area contributed by atoms with Gasteiger partial charge in [-0.3, -0.25) is 14.7 Å². The van der Waals surface area contributed by atoms with E-state index in [2.05, 4.69) is 22.1 Å². The van der Waals surface area contributed by atoms with Crippen molar-refractivity contribution in [2.24, 2.45) is 0 Å². The Hall–Kier alpha value is -2.18. The second-order valence-corrected chi connectivity index (χ2v) is 5.82. The average Bonchev–Trinajstić information content (AvgIpc) is 3.10. The third-order valence-corrected chi connectivity index (χ3v) is 4.14. The molecule has 1 fully saturated rings. The second-order valence-electron chi connectivity index (χ2n) is 5.82. The predicted octanol–water partition coefficient (Wildman–Crippen LogP) is 1.93. The van der Waals surface area contributed by atoms with Gasteiger partial charge in [-0.2, -0.15) is 0 Å². The summed E-state index contributed by atoms with van der Waals surface area (Å²) in [5.74, 6) is 1.80. The van der Waals surface area contributed by atoms with Gasteiger partial charge in [-0.1, -0.05) is 13.0 Å². The molecule has 6 heteroatoms. The monoisotopic (exact) mass is 329 g/mol. The molecule has 0 bridgehead atoms. The molecule has 3 heterocycles. The summed E-state index contributed by atoms with van der Waals surface area (Å²) in [6, 6.07) is 9.62. The van der Waals surface area contributed by atoms with Crippen LogP contribution in [-0.4, -0.2) is 42.1 Å². The molecule has 6 nitrogen and oxygen atoms in total. The van der Waals surface area contributed by atoms with Gasteiger partial charge in [0.05, 0.1) is 38.0 Å². The van der Waals surface area contributed by atoms with Crippen LogP contribution in [0.5, 0.6) is 0 Å². The third kappa shape index (κ3) is 4.21. The summed E-state index contributed by atoms with van der Waals surface area (Å²) < 4.78 is 11.4. The number of aryl methyl sites for hydroxylation is 1. The maximum Gasteiger partial charge on any atom is 0.234 e. The highest BCUT2D eigenvalue weighted by Gasteiger charge is 2.28. The van der Waals surface area contributed by atoms with Crippen LogP contribution in [0.4, 0.5) is 0 Å². The number of aromatic nitrogens is 1. The largest absolute Gasteiger partial charge is 0.464 e. The highest BCUT2D eigenvalue weighted by Crippen LogP contribution is 2.25. The number of furan rings is 1. The standard InChI is InChI=1S/C18H23N3O3/c1-2-15-6-7-17(24-15)16-13-23-10-9-21(16)12-18(22)20-11-14-5-3-4-8-19-14/h3-8,16H,2,9-13H2,1H3,(H,20,22)/t16-/m1/s1. The molecule has 1 N–H and O–H groups in total. The molecule has 128 valence electrons. The van der Waals surface area contributed by atoms with Crippen LogP contribution in [0.1, 0.15) is 30.2 Å². The molecule has 1 aliphatic rings. The zero-order valence-electron chi connectivity index (χ0n) is 13.9. The predicted molar refractivity (Wildman–Crippen MR) is 89.3 cm³/mol. The Balaban J connectivity index is 1.58. The van der Waals surface area contributed by atoms with Gasteiger partial charge in [0.25, 0.3) is 0 Å². The molecule has 0 radical (unpaired) electrons. The quantitative estimate of drug-likeness (QED) is 0.877. The van der Waals surface area contributed by atoms with Gasteiger partial charge in [0.2, 0.25) is 5.91 Å². The van der Waals surface area contributed by atoms with E-state index in [0.29, 0.717) is 32.8 Å². The fourth-order valence-corrected chi connectivity index (χ4v) is 2.79. The van der Waals surface area contributed by atoms with Crippen molar-refractivity contribution < 1.29 is 13.9 Å². The van der Waals surface area contributed by atoms with Crippen molar-refractivity contribution in [1.29, 1.82) is 0 Å². The SMILES string of the molecule is CCc1ccc([C@H]2COCCN2CC(=O)NCc2ccccn2)o1. The number of ether oxygens (including phenoxy) is 1. The number of carbonyl (C=O) groups excluding carboxylic acids is 1. The first-order chi connectivity index (χ1) is 11.8. The van der Waals surface area contributed by atoms with Gasteiger partial charge in [-0.05, 0) is 24.3 Å². The van der Waals surface area contributed by atoms with Crippen molar-refractivity contribution in [3.8, 4) is 0 Å². The summed E-state index contributed by atoms with van der Waals surface area (Å²) in [6.45, 7) is 4.71. The number of pyridine rings is 1. The lowest BCUT2D eigenvalue weighted by molar-refractivity contribution is -0.125. The first-order valence-corrected chi connectivity index (χ1v) is 8.33. The lowest BCUT2D eigenvalue weighted by Crippen LogP contribution is -2.45. The first-order valence-electron chi connectivity index (χ1n) is 8.33. The van der Waals surface area contributed by atoms with Gasteiger partial charge in [-0.25, -0.2) is 0 Å². The minimum absolute atomic E-state index is 0.0142. The van der Waals surface area contributed by atoms with Crippen LogP contribution in [0.3, 0.4) is 0 Å². The Bertz CT molecular complexity index is 657. The summed E-state index contributed by atoms with van der Waals surface area (Å²) >= 11 is 0. The topological polar surface area (TPSA) is 67.6 Å². The van der Waals surface area contributed by atoms with Crippen molar-refractivity contribution in [3.63, 3.8) is 0 Å². The Morgan fingerprint density at radius 3 is 3.04 bits per heavy atom. The number of morpholine rings is 1. The number of nitrogens with one attached hydrogen (secondary N) is 1. The van der Waals surface area contributed by atoms with Crippen molar-refractivity contribution in [2.75, 3.05) is 26.3 Å². The maximum absolute atomic E-state index is 12.3. The Morgan fingerprint density at radius 2 is 2.29 bits per heavy atom. The van der Waals surface area contributed by atoms with E-state index >= 15 is 0 Å². The van der Waals surface area contributed by atoms with Crippen molar-refractivity contribution in [1.82, 2.24) is 15.2 Å². The highest BCUT2D eigenvalue weighted by atomic mass is 16.5. The van der Waals surface area contributed by atoms with E-state index in [1.807, 2.05) is 30.3 Å². The molecule has 3 rings (SSSR count). The van der Waals surface area contributed by atoms with Crippen LogP contribution in [-0.2, 0) is 22.5 Å². The minimum atomic E-state index is -0.0187. The smallest absolute Gasteiger partial charge is 0.234 e. The molecule has 2 aromatic rings. The maximum atomic E-state index is 12.3. The molecular weight excluding hydrogens is 306 g/mol. The van der Waals surface area contributed by atoms with E-state index in [-0.39, 0.29) is 11.9 Å². The van der Waals surface area contributed by atoms with Crippen LogP contribution in [0.2, 0.25) is 0 Å². The van der Waals surface area contributed by atoms with E-state index in [4.69, 9.17) is 9.15 Å². The Kier molecular flexibility index (Phi) is 5.61. The lowest BCUT2D eigenvalue weighted by atomic mass is 10.1. The van der Waals surface area contributed by atoms with Gasteiger partial charge < -0.3 is 14.5 Å². The van der Waals surface area contributed by atoms with Gasteiger partial charge in [0.1, 0.15) is 11.5 Å². The van der Waals surface area contributed by atoms with Crippen LogP contribution in [0, 0.1) is 0 Å². The number of rotatable bonds is 6. The number of hydrogen-bond donors (Lipinski definition) is 1. The fourth-order valence-electron chi connectivity index (χ4n) is 2.79. The number of amides is 1. The van der Waals surface area contributed by atoms with Gasteiger partial charge in [0, 0.05) is 19.2 Å². The fraction of sp³-hybridized carbons (Fsp3) is 0.444. The van der Waals surface area contributed by atoms with Crippen LogP contribution in [0.25, 0.3) is 0 Å². The van der Waals surface area contributed by atoms with Gasteiger partial charge >= 0.3 is 0 Å². The molecule has 0 saturated carbocycles. The highest BCUT2D eigenvalue weighted by molar-refractivity contribution is 5.78. The zero-order chi connectivity index (χ0) is 16.8. The van der Waals surface area contributed by atoms with E-state index in [1.54, 1.807) is 6.20 Å². The molecule has 0 unspecified atom stereocenters. The number of hydrogen-bond acceptors (Lipinski definition) is 5. The molecule has 1 atom stereocenters. The van der Waals surface area contributed by atoms with E-state index < -0.39 is 0 Å². The zero-order valence-corrected chi connectivity index (χ0v) is 13.9. The normalized spacial score (nSPS) is 18.5. The molecule has 24 heavy (non-hydrogen) atoms. The van der Waals surface area contributed by atoms with Crippen molar-refractivity contribution in [3.05, 3.63) is 53.7 Å². The molecule has 2 aromatic heterocycles. The van der Waals surface area contributed by atoms with Crippen molar-refractivity contribution in [2.45, 2.75) is 25.9 Å². The van der Waals surface area contributed by atoms with E-state index in [9.17, 15) is 4.79 Å². The van der Waals surface area contributed by atoms with E-state index in [1.165, 1.54) is 0 Å². The van der Waals surface area contributed by atoms with Crippen LogP contribution in [0.15, 0.2) is 40.9 Å². The molecule has 1 amide bonds.